The van der Waals surface area contributed by atoms with Crippen LogP contribution in [0.1, 0.15) is 12.2 Å². The smallest absolute Gasteiger partial charge is 0.232 e. The second kappa shape index (κ2) is 13.2. The summed E-state index contributed by atoms with van der Waals surface area (Å²) in [5.41, 5.74) is 3.29. The van der Waals surface area contributed by atoms with E-state index in [2.05, 4.69) is 30.6 Å². The monoisotopic (exact) mass is 547 g/mol. The molecule has 0 atom stereocenters. The van der Waals surface area contributed by atoms with Crippen LogP contribution in [0.3, 0.4) is 0 Å². The van der Waals surface area contributed by atoms with Gasteiger partial charge in [0.05, 0.1) is 42.6 Å². The van der Waals surface area contributed by atoms with Gasteiger partial charge in [-0.05, 0) is 48.9 Å². The maximum absolute atomic E-state index is 13.6. The number of benzene rings is 1. The van der Waals surface area contributed by atoms with E-state index in [1.165, 1.54) is 12.1 Å². The number of ether oxygens (including phenoxy) is 3. The van der Waals surface area contributed by atoms with Gasteiger partial charge in [0.1, 0.15) is 11.6 Å². The molecule has 0 bridgehead atoms. The van der Waals surface area contributed by atoms with Gasteiger partial charge in [0.2, 0.25) is 11.9 Å². The topological polar surface area (TPSA) is 136 Å². The number of rotatable bonds is 11. The van der Waals surface area contributed by atoms with Crippen molar-refractivity contribution in [3.8, 4) is 22.6 Å². The Labute approximate surface area is 230 Å². The number of hydrogen-bond acceptors (Lipinski definition) is 9. The maximum atomic E-state index is 13.6. The molecule has 1 aliphatic rings. The van der Waals surface area contributed by atoms with E-state index in [0.29, 0.717) is 54.1 Å². The molecule has 1 saturated heterocycles. The highest BCUT2D eigenvalue weighted by Crippen LogP contribution is 2.30. The van der Waals surface area contributed by atoms with Crippen LogP contribution in [-0.2, 0) is 25.4 Å². The van der Waals surface area contributed by atoms with Gasteiger partial charge in [0.15, 0.2) is 6.29 Å². The van der Waals surface area contributed by atoms with Crippen LogP contribution in [0.5, 0.6) is 0 Å². The van der Waals surface area contributed by atoms with Crippen LogP contribution in [0, 0.1) is 11.7 Å². The number of nitrogens with one attached hydrogen (secondary N) is 3. The number of nitrogens with zero attached hydrogens (tertiary/aromatic N) is 4. The summed E-state index contributed by atoms with van der Waals surface area (Å²) in [6.07, 6.45) is 5.43. The van der Waals surface area contributed by atoms with Crippen molar-refractivity contribution in [1.82, 2.24) is 24.9 Å². The van der Waals surface area contributed by atoms with Crippen molar-refractivity contribution in [2.75, 3.05) is 44.1 Å². The second-order valence-corrected chi connectivity index (χ2v) is 9.18. The number of halogens is 1. The zero-order valence-corrected chi connectivity index (χ0v) is 22.0. The number of methoxy groups -OCH3 is 1. The minimum Gasteiger partial charge on any atom is -0.385 e. The first kappa shape index (κ1) is 27.3. The standard InChI is InChI=1S/C28H30FN7O4/c1-38-14-2-10-31-28-32-13-9-22(34-28)26-25(18-3-5-20(29)6-4-18)35-23(36-26)15-24-39-16-19(17-40-24)27(37)33-21-7-11-30-12-8-21/h3-9,11-13,19,24H,2,10,14-17H2,1H3,(H,35,36)(H,30,33,37)(H,31,32,34). The lowest BCUT2D eigenvalue weighted by atomic mass is 10.1. The summed E-state index contributed by atoms with van der Waals surface area (Å²) in [5.74, 6) is 0.121. The Morgan fingerprint density at radius 3 is 2.60 bits per heavy atom. The SMILES string of the molecule is COCCCNc1nccc(-c2[nH]c(CC3OCC(C(=O)Nc4ccncc4)CO3)nc2-c2ccc(F)cc2)n1. The summed E-state index contributed by atoms with van der Waals surface area (Å²) >= 11 is 0. The molecule has 4 aromatic rings. The zero-order chi connectivity index (χ0) is 27.7. The number of anilines is 2. The highest BCUT2D eigenvalue weighted by atomic mass is 19.1. The highest BCUT2D eigenvalue weighted by molar-refractivity contribution is 5.92. The molecule has 1 amide bonds. The number of pyridine rings is 1. The van der Waals surface area contributed by atoms with Crippen LogP contribution in [0.4, 0.5) is 16.0 Å². The van der Waals surface area contributed by atoms with Crippen molar-refractivity contribution in [3.05, 3.63) is 72.7 Å². The van der Waals surface area contributed by atoms with Gasteiger partial charge in [-0.25, -0.2) is 19.3 Å². The Kier molecular flexibility index (Phi) is 9.01. The van der Waals surface area contributed by atoms with E-state index in [-0.39, 0.29) is 24.9 Å². The molecule has 208 valence electrons. The van der Waals surface area contributed by atoms with E-state index in [0.717, 1.165) is 12.0 Å². The van der Waals surface area contributed by atoms with Crippen molar-refractivity contribution in [2.45, 2.75) is 19.1 Å². The van der Waals surface area contributed by atoms with Gasteiger partial charge in [-0.2, -0.15) is 0 Å². The number of imidazole rings is 1. The largest absolute Gasteiger partial charge is 0.385 e. The second-order valence-electron chi connectivity index (χ2n) is 9.18. The predicted octanol–water partition coefficient (Wildman–Crippen LogP) is 3.69. The Bertz CT molecular complexity index is 1390. The van der Waals surface area contributed by atoms with Crippen LogP contribution in [0.2, 0.25) is 0 Å². The average molecular weight is 548 g/mol. The van der Waals surface area contributed by atoms with Crippen LogP contribution in [0.25, 0.3) is 22.6 Å². The van der Waals surface area contributed by atoms with E-state index in [1.54, 1.807) is 56.0 Å². The zero-order valence-electron chi connectivity index (χ0n) is 22.0. The fourth-order valence-electron chi connectivity index (χ4n) is 4.17. The number of hydrogen-bond donors (Lipinski definition) is 3. The molecular formula is C28H30FN7O4. The summed E-state index contributed by atoms with van der Waals surface area (Å²) in [7, 11) is 1.66. The van der Waals surface area contributed by atoms with Gasteiger partial charge in [0.25, 0.3) is 0 Å². The molecule has 0 unspecified atom stereocenters. The highest BCUT2D eigenvalue weighted by Gasteiger charge is 2.29. The first-order chi connectivity index (χ1) is 19.6. The Hall–Kier alpha value is -4.26. The van der Waals surface area contributed by atoms with Crippen molar-refractivity contribution in [2.24, 2.45) is 5.92 Å². The van der Waals surface area contributed by atoms with E-state index in [4.69, 9.17) is 19.2 Å². The third kappa shape index (κ3) is 7.03. The Balaban J connectivity index is 1.29. The van der Waals surface area contributed by atoms with E-state index in [1.807, 2.05) is 0 Å². The summed E-state index contributed by atoms with van der Waals surface area (Å²) in [4.78, 5) is 33.6. The van der Waals surface area contributed by atoms with Gasteiger partial charge >= 0.3 is 0 Å². The molecule has 1 fully saturated rings. The molecule has 3 N–H and O–H groups in total. The minimum atomic E-state index is -0.589. The molecule has 0 spiro atoms. The molecule has 1 aliphatic heterocycles. The van der Waals surface area contributed by atoms with Crippen molar-refractivity contribution >= 4 is 17.5 Å². The predicted molar refractivity (Wildman–Crippen MR) is 146 cm³/mol. The maximum Gasteiger partial charge on any atom is 0.232 e. The van der Waals surface area contributed by atoms with Crippen LogP contribution < -0.4 is 10.6 Å². The number of amides is 1. The number of H-pyrrole nitrogens is 1. The Morgan fingerprint density at radius 1 is 1.07 bits per heavy atom. The molecule has 0 aliphatic carbocycles. The van der Waals surface area contributed by atoms with Crippen LogP contribution >= 0.6 is 0 Å². The van der Waals surface area contributed by atoms with Gasteiger partial charge in [-0.15, -0.1) is 0 Å². The molecule has 0 saturated carbocycles. The molecule has 1 aromatic carbocycles. The van der Waals surface area contributed by atoms with Crippen molar-refractivity contribution < 1.29 is 23.4 Å². The Morgan fingerprint density at radius 2 is 1.85 bits per heavy atom. The first-order valence-electron chi connectivity index (χ1n) is 12.9. The number of carbonyl (C=O) groups excluding carboxylic acids is 1. The lowest BCUT2D eigenvalue weighted by Crippen LogP contribution is -2.39. The molecule has 3 aromatic heterocycles. The van der Waals surface area contributed by atoms with E-state index in [9.17, 15) is 9.18 Å². The summed E-state index contributed by atoms with van der Waals surface area (Å²) in [6, 6.07) is 11.3. The molecule has 4 heterocycles. The lowest BCUT2D eigenvalue weighted by molar-refractivity contribution is -0.199. The number of aromatic nitrogens is 5. The fourth-order valence-corrected chi connectivity index (χ4v) is 4.17. The molecule has 11 nitrogen and oxygen atoms in total. The van der Waals surface area contributed by atoms with Gasteiger partial charge in [-0.1, -0.05) is 0 Å². The van der Waals surface area contributed by atoms with Crippen LogP contribution in [0.15, 0.2) is 61.1 Å². The van der Waals surface area contributed by atoms with Crippen molar-refractivity contribution in [3.63, 3.8) is 0 Å². The quantitative estimate of drug-likeness (QED) is 0.240. The minimum absolute atomic E-state index is 0.182. The van der Waals surface area contributed by atoms with Gasteiger partial charge in [-0.3, -0.25) is 9.78 Å². The van der Waals surface area contributed by atoms with Crippen LogP contribution in [-0.4, -0.2) is 70.6 Å². The third-order valence-electron chi connectivity index (χ3n) is 6.24. The summed E-state index contributed by atoms with van der Waals surface area (Å²) in [6.45, 7) is 1.72. The fraction of sp³-hybridized carbons (Fsp3) is 0.321. The molecule has 12 heteroatoms. The van der Waals surface area contributed by atoms with Gasteiger partial charge < -0.3 is 29.8 Å². The lowest BCUT2D eigenvalue weighted by Gasteiger charge is -2.28. The third-order valence-corrected chi connectivity index (χ3v) is 6.24. The number of aromatic amines is 1. The normalized spacial score (nSPS) is 16.9. The molecule has 0 radical (unpaired) electrons. The van der Waals surface area contributed by atoms with Gasteiger partial charge in [0, 0.05) is 50.1 Å². The molecule has 40 heavy (non-hydrogen) atoms. The molecular weight excluding hydrogens is 517 g/mol. The summed E-state index contributed by atoms with van der Waals surface area (Å²) in [5, 5.41) is 6.04. The van der Waals surface area contributed by atoms with E-state index >= 15 is 0 Å². The summed E-state index contributed by atoms with van der Waals surface area (Å²) < 4.78 is 30.5. The first-order valence-corrected chi connectivity index (χ1v) is 12.9. The average Bonchev–Trinajstić information content (AvgIpc) is 3.40. The number of carbonyl (C=O) groups is 1. The van der Waals surface area contributed by atoms with Crippen molar-refractivity contribution in [1.29, 1.82) is 0 Å². The molecule has 5 rings (SSSR count). The van der Waals surface area contributed by atoms with E-state index < -0.39 is 12.2 Å².